The molecule has 0 spiro atoms. The van der Waals surface area contributed by atoms with Crippen molar-refractivity contribution in [2.45, 2.75) is 6.92 Å². The number of rotatable bonds is 2. The van der Waals surface area contributed by atoms with Crippen molar-refractivity contribution in [2.24, 2.45) is 0 Å². The van der Waals surface area contributed by atoms with Gasteiger partial charge in [-0.25, -0.2) is 0 Å². The van der Waals surface area contributed by atoms with Crippen molar-refractivity contribution in [3.05, 3.63) is 28.7 Å². The lowest BCUT2D eigenvalue weighted by Crippen LogP contribution is -2.27. The van der Waals surface area contributed by atoms with E-state index in [1.807, 2.05) is 31.2 Å². The van der Waals surface area contributed by atoms with Crippen LogP contribution in [0, 0.1) is 0 Å². The summed E-state index contributed by atoms with van der Waals surface area (Å²) in [6.07, 6.45) is 1.84. The van der Waals surface area contributed by atoms with E-state index in [2.05, 4.69) is 0 Å². The number of carbonyl (C=O) groups is 1. The Balaban J connectivity index is 1.89. The third-order valence-corrected chi connectivity index (χ3v) is 4.43. The van der Waals surface area contributed by atoms with Gasteiger partial charge in [0.1, 0.15) is 17.5 Å². The number of hydrogen-bond donors (Lipinski definition) is 0. The largest absolute Gasteiger partial charge is 0.486 e. The van der Waals surface area contributed by atoms with E-state index >= 15 is 0 Å². The first kappa shape index (κ1) is 13.5. The van der Waals surface area contributed by atoms with E-state index in [0.717, 1.165) is 17.1 Å². The maximum atomic E-state index is 12.1. The molecule has 20 heavy (non-hydrogen) atoms. The summed E-state index contributed by atoms with van der Waals surface area (Å²) in [5.74, 6) is 1.43. The molecule has 1 aromatic carbocycles. The van der Waals surface area contributed by atoms with E-state index in [-0.39, 0.29) is 5.91 Å². The molecule has 104 valence electrons. The summed E-state index contributed by atoms with van der Waals surface area (Å²) in [6.45, 7) is 3.64. The average molecular weight is 307 g/mol. The zero-order valence-electron chi connectivity index (χ0n) is 10.9. The van der Waals surface area contributed by atoms with Crippen molar-refractivity contribution >= 4 is 40.3 Å². The zero-order chi connectivity index (χ0) is 14.1. The lowest BCUT2D eigenvalue weighted by molar-refractivity contribution is -0.121. The van der Waals surface area contributed by atoms with Gasteiger partial charge in [0, 0.05) is 6.54 Å². The Labute approximate surface area is 126 Å². The number of amides is 1. The van der Waals surface area contributed by atoms with Crippen molar-refractivity contribution in [2.75, 3.05) is 19.8 Å². The molecule has 1 aromatic rings. The van der Waals surface area contributed by atoms with E-state index in [0.29, 0.717) is 29.0 Å². The highest BCUT2D eigenvalue weighted by Gasteiger charge is 2.30. The Kier molecular flexibility index (Phi) is 3.67. The van der Waals surface area contributed by atoms with E-state index < -0.39 is 0 Å². The van der Waals surface area contributed by atoms with Crippen molar-refractivity contribution in [1.82, 2.24) is 4.90 Å². The Bertz CT molecular complexity index is 612. The second-order valence-electron chi connectivity index (χ2n) is 4.33. The molecular weight excluding hydrogens is 294 g/mol. The second-order valence-corrected chi connectivity index (χ2v) is 6.00. The lowest BCUT2D eigenvalue weighted by Gasteiger charge is -2.18. The minimum absolute atomic E-state index is 0.0302. The number of benzene rings is 1. The maximum absolute atomic E-state index is 12.1. The highest BCUT2D eigenvalue weighted by atomic mass is 32.2. The van der Waals surface area contributed by atoms with Gasteiger partial charge in [0.2, 0.25) is 0 Å². The van der Waals surface area contributed by atoms with Crippen LogP contribution in [0.5, 0.6) is 11.5 Å². The molecule has 0 radical (unpaired) electrons. The van der Waals surface area contributed by atoms with Crippen molar-refractivity contribution in [3.63, 3.8) is 0 Å². The molecule has 1 amide bonds. The molecule has 3 rings (SSSR count). The molecule has 2 aliphatic rings. The fraction of sp³-hybridized carbons (Fsp3) is 0.286. The van der Waals surface area contributed by atoms with E-state index in [1.165, 1.54) is 11.8 Å². The minimum Gasteiger partial charge on any atom is -0.486 e. The van der Waals surface area contributed by atoms with Crippen molar-refractivity contribution in [3.8, 4) is 11.5 Å². The smallest absolute Gasteiger partial charge is 0.266 e. The van der Waals surface area contributed by atoms with Crippen LogP contribution in [0.4, 0.5) is 0 Å². The molecule has 0 atom stereocenters. The van der Waals surface area contributed by atoms with Crippen LogP contribution in [0.15, 0.2) is 23.1 Å². The molecule has 0 saturated carbocycles. The predicted octanol–water partition coefficient (Wildman–Crippen LogP) is 2.68. The molecule has 2 heterocycles. The van der Waals surface area contributed by atoms with Gasteiger partial charge in [-0.3, -0.25) is 9.69 Å². The first-order valence-electron chi connectivity index (χ1n) is 6.34. The molecule has 1 fully saturated rings. The normalized spacial score (nSPS) is 19.9. The molecule has 0 unspecified atom stereocenters. The number of carbonyl (C=O) groups excluding carboxylic acids is 1. The zero-order valence-corrected chi connectivity index (χ0v) is 12.6. The molecule has 0 N–H and O–H groups in total. The standard InChI is InChI=1S/C14H13NO3S2/c1-2-15-13(16)12(20-14(15)19)8-9-3-4-10-11(7-9)18-6-5-17-10/h3-4,7-8H,2,5-6H2,1H3/b12-8+. The fourth-order valence-electron chi connectivity index (χ4n) is 2.07. The number of thioether (sulfide) groups is 1. The van der Waals surface area contributed by atoms with Gasteiger partial charge in [-0.05, 0) is 30.7 Å². The predicted molar refractivity (Wildman–Crippen MR) is 83.0 cm³/mol. The lowest BCUT2D eigenvalue weighted by atomic mass is 10.1. The molecule has 0 aliphatic carbocycles. The van der Waals surface area contributed by atoms with Crippen LogP contribution in [0.3, 0.4) is 0 Å². The summed E-state index contributed by atoms with van der Waals surface area (Å²) in [5, 5.41) is 0. The third kappa shape index (κ3) is 2.41. The number of ether oxygens (including phenoxy) is 2. The number of likely N-dealkylation sites (N-methyl/N-ethyl adjacent to an activating group) is 1. The van der Waals surface area contributed by atoms with Gasteiger partial charge >= 0.3 is 0 Å². The van der Waals surface area contributed by atoms with Gasteiger partial charge in [-0.15, -0.1) is 0 Å². The molecule has 1 saturated heterocycles. The van der Waals surface area contributed by atoms with Gasteiger partial charge in [-0.1, -0.05) is 30.0 Å². The highest BCUT2D eigenvalue weighted by Crippen LogP contribution is 2.35. The quantitative estimate of drug-likeness (QED) is 0.620. The van der Waals surface area contributed by atoms with Gasteiger partial charge in [-0.2, -0.15) is 0 Å². The Morgan fingerprint density at radius 3 is 2.80 bits per heavy atom. The summed E-state index contributed by atoms with van der Waals surface area (Å²) in [4.78, 5) is 14.4. The first-order chi connectivity index (χ1) is 9.69. The van der Waals surface area contributed by atoms with Crippen LogP contribution in [0.2, 0.25) is 0 Å². The van der Waals surface area contributed by atoms with Gasteiger partial charge in [0.15, 0.2) is 11.5 Å². The van der Waals surface area contributed by atoms with Crippen LogP contribution in [0.25, 0.3) is 6.08 Å². The number of hydrogen-bond acceptors (Lipinski definition) is 5. The van der Waals surface area contributed by atoms with Crippen molar-refractivity contribution < 1.29 is 14.3 Å². The minimum atomic E-state index is -0.0302. The average Bonchev–Trinajstić information content (AvgIpc) is 2.73. The summed E-state index contributed by atoms with van der Waals surface area (Å²) in [5.41, 5.74) is 0.908. The molecule has 0 aromatic heterocycles. The summed E-state index contributed by atoms with van der Waals surface area (Å²) in [6, 6.07) is 5.65. The van der Waals surface area contributed by atoms with E-state index in [4.69, 9.17) is 21.7 Å². The summed E-state index contributed by atoms with van der Waals surface area (Å²) < 4.78 is 11.6. The Morgan fingerprint density at radius 1 is 1.35 bits per heavy atom. The third-order valence-electron chi connectivity index (χ3n) is 3.05. The number of fused-ring (bicyclic) bond motifs is 1. The first-order valence-corrected chi connectivity index (χ1v) is 7.56. The Hall–Kier alpha value is -1.53. The van der Waals surface area contributed by atoms with Crippen molar-refractivity contribution in [1.29, 1.82) is 0 Å². The van der Waals surface area contributed by atoms with E-state index in [1.54, 1.807) is 4.90 Å². The SMILES string of the molecule is CCN1C(=O)/C(=C\c2ccc3c(c2)OCCO3)SC1=S. The van der Waals surface area contributed by atoms with Crippen LogP contribution in [-0.4, -0.2) is 34.9 Å². The van der Waals surface area contributed by atoms with E-state index in [9.17, 15) is 4.79 Å². The molecular formula is C14H13NO3S2. The Morgan fingerprint density at radius 2 is 2.10 bits per heavy atom. The van der Waals surface area contributed by atoms with Gasteiger partial charge < -0.3 is 9.47 Å². The van der Waals surface area contributed by atoms with Crippen LogP contribution in [0.1, 0.15) is 12.5 Å². The number of nitrogens with zero attached hydrogens (tertiary/aromatic N) is 1. The van der Waals surface area contributed by atoms with Gasteiger partial charge in [0.05, 0.1) is 4.91 Å². The van der Waals surface area contributed by atoms with Gasteiger partial charge in [0.25, 0.3) is 5.91 Å². The molecule has 6 heteroatoms. The maximum Gasteiger partial charge on any atom is 0.266 e. The van der Waals surface area contributed by atoms with Crippen LogP contribution < -0.4 is 9.47 Å². The second kappa shape index (κ2) is 5.46. The number of thiocarbonyl (C=S) groups is 1. The molecule has 4 nitrogen and oxygen atoms in total. The summed E-state index contributed by atoms with van der Waals surface area (Å²) in [7, 11) is 0. The molecule has 2 aliphatic heterocycles. The fourth-order valence-corrected chi connectivity index (χ4v) is 3.46. The molecule has 0 bridgehead atoms. The van der Waals surface area contributed by atoms with Crippen LogP contribution >= 0.6 is 24.0 Å². The summed E-state index contributed by atoms with van der Waals surface area (Å²) >= 11 is 6.53. The highest BCUT2D eigenvalue weighted by molar-refractivity contribution is 8.26. The topological polar surface area (TPSA) is 38.8 Å². The monoisotopic (exact) mass is 307 g/mol. The van der Waals surface area contributed by atoms with Crippen LogP contribution in [-0.2, 0) is 4.79 Å².